The van der Waals surface area contributed by atoms with E-state index in [9.17, 15) is 4.79 Å². The third-order valence-electron chi connectivity index (χ3n) is 1.40. The van der Waals surface area contributed by atoms with Crippen LogP contribution in [0.1, 0.15) is 6.92 Å². The standard InChI is InChI=1S/C6H10ClNO2/c1-2-10-6(9)8-4-5(8)3-7/h5H,2-4H2,1H3/t5-,8?/m0/s1. The first-order valence-electron chi connectivity index (χ1n) is 3.29. The Hall–Kier alpha value is -0.440. The normalized spacial score (nSPS) is 22.6. The number of rotatable bonds is 2. The van der Waals surface area contributed by atoms with E-state index in [-0.39, 0.29) is 12.1 Å². The maximum atomic E-state index is 10.8. The van der Waals surface area contributed by atoms with Crippen LogP contribution in [-0.4, -0.2) is 36.1 Å². The second kappa shape index (κ2) is 3.10. The van der Waals surface area contributed by atoms with Crippen molar-refractivity contribution in [2.75, 3.05) is 19.0 Å². The minimum Gasteiger partial charge on any atom is -0.450 e. The molecule has 0 aromatic carbocycles. The molecule has 1 aliphatic rings. The Morgan fingerprint density at radius 1 is 1.90 bits per heavy atom. The van der Waals surface area contributed by atoms with Crippen LogP contribution in [0.2, 0.25) is 0 Å². The van der Waals surface area contributed by atoms with Gasteiger partial charge in [-0.1, -0.05) is 0 Å². The molecular weight excluding hydrogens is 154 g/mol. The smallest absolute Gasteiger partial charge is 0.410 e. The van der Waals surface area contributed by atoms with Crippen LogP contribution in [0.3, 0.4) is 0 Å². The van der Waals surface area contributed by atoms with Crippen molar-refractivity contribution in [1.82, 2.24) is 4.90 Å². The summed E-state index contributed by atoms with van der Waals surface area (Å²) in [4.78, 5) is 12.4. The largest absolute Gasteiger partial charge is 0.450 e. The molecular formula is C6H10ClNO2. The second-order valence-corrected chi connectivity index (χ2v) is 2.47. The molecule has 0 N–H and O–H groups in total. The van der Waals surface area contributed by atoms with Crippen LogP contribution in [0.5, 0.6) is 0 Å². The Morgan fingerprint density at radius 2 is 2.60 bits per heavy atom. The molecule has 3 nitrogen and oxygen atoms in total. The average Bonchev–Trinajstić information content (AvgIpc) is 2.66. The molecule has 4 heteroatoms. The zero-order valence-corrected chi connectivity index (χ0v) is 6.60. The summed E-state index contributed by atoms with van der Waals surface area (Å²) in [6, 6.07) is 0.223. The van der Waals surface area contributed by atoms with E-state index in [2.05, 4.69) is 0 Å². The lowest BCUT2D eigenvalue weighted by molar-refractivity contribution is 0.135. The zero-order chi connectivity index (χ0) is 7.56. The second-order valence-electron chi connectivity index (χ2n) is 2.16. The topological polar surface area (TPSA) is 29.3 Å². The van der Waals surface area contributed by atoms with Crippen molar-refractivity contribution in [3.8, 4) is 0 Å². The van der Waals surface area contributed by atoms with Gasteiger partial charge in [-0.15, -0.1) is 11.6 Å². The predicted octanol–water partition coefficient (Wildman–Crippen LogP) is 1.07. The number of amides is 1. The maximum absolute atomic E-state index is 10.8. The first-order chi connectivity index (χ1) is 4.79. The first-order valence-corrected chi connectivity index (χ1v) is 3.82. The number of carbonyl (C=O) groups is 1. The Balaban J connectivity index is 2.19. The molecule has 1 rings (SSSR count). The monoisotopic (exact) mass is 163 g/mol. The number of ether oxygens (including phenoxy) is 1. The number of alkyl halides is 1. The number of nitrogens with zero attached hydrogens (tertiary/aromatic N) is 1. The van der Waals surface area contributed by atoms with Gasteiger partial charge in [0.2, 0.25) is 0 Å². The van der Waals surface area contributed by atoms with Crippen molar-refractivity contribution >= 4 is 17.7 Å². The van der Waals surface area contributed by atoms with Crippen LogP contribution < -0.4 is 0 Å². The van der Waals surface area contributed by atoms with Gasteiger partial charge in [-0.25, -0.2) is 4.79 Å². The molecule has 1 heterocycles. The number of hydrogen-bond acceptors (Lipinski definition) is 2. The lowest BCUT2D eigenvalue weighted by Gasteiger charge is -2.01. The molecule has 1 fully saturated rings. The Labute approximate surface area is 64.9 Å². The first kappa shape index (κ1) is 7.66. The molecule has 0 unspecified atom stereocenters. The van der Waals surface area contributed by atoms with Gasteiger partial charge in [0.25, 0.3) is 0 Å². The van der Waals surface area contributed by atoms with Gasteiger partial charge in [0.15, 0.2) is 0 Å². The molecule has 1 aliphatic heterocycles. The molecule has 1 amide bonds. The third kappa shape index (κ3) is 1.53. The van der Waals surface area contributed by atoms with E-state index in [1.165, 1.54) is 0 Å². The minimum atomic E-state index is -0.242. The summed E-state index contributed by atoms with van der Waals surface area (Å²) in [6.45, 7) is 2.98. The van der Waals surface area contributed by atoms with E-state index in [0.717, 1.165) is 6.54 Å². The van der Waals surface area contributed by atoms with Gasteiger partial charge in [0, 0.05) is 12.4 Å². The molecule has 0 aliphatic carbocycles. The highest BCUT2D eigenvalue weighted by Gasteiger charge is 2.38. The summed E-state index contributed by atoms with van der Waals surface area (Å²) >= 11 is 5.49. The van der Waals surface area contributed by atoms with Crippen LogP contribution in [0.4, 0.5) is 4.79 Å². The molecule has 1 atom stereocenters. The molecule has 0 spiro atoms. The fourth-order valence-electron chi connectivity index (χ4n) is 0.742. The van der Waals surface area contributed by atoms with Gasteiger partial charge >= 0.3 is 6.09 Å². The van der Waals surface area contributed by atoms with Crippen LogP contribution >= 0.6 is 11.6 Å². The van der Waals surface area contributed by atoms with E-state index in [1.54, 1.807) is 11.8 Å². The highest BCUT2D eigenvalue weighted by atomic mass is 35.5. The van der Waals surface area contributed by atoms with Gasteiger partial charge < -0.3 is 9.64 Å². The van der Waals surface area contributed by atoms with E-state index in [4.69, 9.17) is 16.3 Å². The van der Waals surface area contributed by atoms with Gasteiger partial charge in [0.1, 0.15) is 0 Å². The Bertz CT molecular complexity index is 140. The van der Waals surface area contributed by atoms with Crippen molar-refractivity contribution in [1.29, 1.82) is 0 Å². The van der Waals surface area contributed by atoms with Crippen molar-refractivity contribution < 1.29 is 9.53 Å². The number of carbonyl (C=O) groups excluding carboxylic acids is 1. The van der Waals surface area contributed by atoms with Crippen LogP contribution in [0, 0.1) is 0 Å². The van der Waals surface area contributed by atoms with Crippen LogP contribution in [-0.2, 0) is 4.74 Å². The van der Waals surface area contributed by atoms with E-state index < -0.39 is 0 Å². The van der Waals surface area contributed by atoms with E-state index in [1.807, 2.05) is 0 Å². The highest BCUT2D eigenvalue weighted by molar-refractivity contribution is 6.18. The molecule has 0 aromatic rings. The fourth-order valence-corrected chi connectivity index (χ4v) is 1.01. The van der Waals surface area contributed by atoms with Crippen LogP contribution in [0.15, 0.2) is 0 Å². The molecule has 0 aromatic heterocycles. The quantitative estimate of drug-likeness (QED) is 0.450. The van der Waals surface area contributed by atoms with Gasteiger partial charge in [0.05, 0.1) is 12.6 Å². The number of halogens is 1. The highest BCUT2D eigenvalue weighted by Crippen LogP contribution is 2.19. The molecule has 0 bridgehead atoms. The zero-order valence-electron chi connectivity index (χ0n) is 5.84. The average molecular weight is 164 g/mol. The lowest BCUT2D eigenvalue weighted by Crippen LogP contribution is -2.15. The van der Waals surface area contributed by atoms with Crippen molar-refractivity contribution in [3.05, 3.63) is 0 Å². The van der Waals surface area contributed by atoms with E-state index >= 15 is 0 Å². The molecule has 0 radical (unpaired) electrons. The molecule has 58 valence electrons. The molecule has 1 saturated heterocycles. The van der Waals surface area contributed by atoms with E-state index in [0.29, 0.717) is 12.5 Å². The summed E-state index contributed by atoms with van der Waals surface area (Å²) in [5, 5.41) is 0. The predicted molar refractivity (Wildman–Crippen MR) is 38.2 cm³/mol. The number of hydrogen-bond donors (Lipinski definition) is 0. The summed E-state index contributed by atoms with van der Waals surface area (Å²) in [5.41, 5.74) is 0. The molecule has 10 heavy (non-hydrogen) atoms. The summed E-state index contributed by atoms with van der Waals surface area (Å²) in [7, 11) is 0. The Morgan fingerprint density at radius 3 is 3.00 bits per heavy atom. The van der Waals surface area contributed by atoms with Gasteiger partial charge in [-0.2, -0.15) is 0 Å². The summed E-state index contributed by atoms with van der Waals surface area (Å²) < 4.78 is 4.73. The molecule has 0 saturated carbocycles. The van der Waals surface area contributed by atoms with Crippen molar-refractivity contribution in [2.45, 2.75) is 13.0 Å². The minimum absolute atomic E-state index is 0.223. The Kier molecular flexibility index (Phi) is 2.38. The van der Waals surface area contributed by atoms with Crippen molar-refractivity contribution in [2.24, 2.45) is 0 Å². The summed E-state index contributed by atoms with van der Waals surface area (Å²) in [5.74, 6) is 0.513. The van der Waals surface area contributed by atoms with Crippen molar-refractivity contribution in [3.63, 3.8) is 0 Å². The van der Waals surface area contributed by atoms with Gasteiger partial charge in [-0.3, -0.25) is 0 Å². The maximum Gasteiger partial charge on any atom is 0.410 e. The lowest BCUT2D eigenvalue weighted by atomic mass is 10.6. The van der Waals surface area contributed by atoms with Gasteiger partial charge in [-0.05, 0) is 6.92 Å². The van der Waals surface area contributed by atoms with Crippen LogP contribution in [0.25, 0.3) is 0 Å². The SMILES string of the molecule is CCOC(=O)N1C[C@@H]1CCl. The summed E-state index contributed by atoms with van der Waals surface area (Å²) in [6.07, 6.45) is -0.242. The fraction of sp³-hybridized carbons (Fsp3) is 0.833. The third-order valence-corrected chi connectivity index (χ3v) is 1.75.